The first kappa shape index (κ1) is 19.6. The third-order valence-corrected chi connectivity index (χ3v) is 5.27. The molecule has 4 nitrogen and oxygen atoms in total. The van der Waals surface area contributed by atoms with Crippen molar-refractivity contribution in [3.8, 4) is 5.75 Å². The zero-order valence-corrected chi connectivity index (χ0v) is 16.9. The maximum absolute atomic E-state index is 12.5. The van der Waals surface area contributed by atoms with Crippen molar-refractivity contribution in [3.63, 3.8) is 0 Å². The predicted molar refractivity (Wildman–Crippen MR) is 118 cm³/mol. The Kier molecular flexibility index (Phi) is 5.75. The van der Waals surface area contributed by atoms with Crippen LogP contribution in [0.3, 0.4) is 0 Å². The van der Waals surface area contributed by atoms with Crippen molar-refractivity contribution < 1.29 is 14.3 Å². The summed E-state index contributed by atoms with van der Waals surface area (Å²) < 4.78 is 5.39. The Morgan fingerprint density at radius 2 is 1.53 bits per heavy atom. The zero-order chi connectivity index (χ0) is 20.9. The summed E-state index contributed by atoms with van der Waals surface area (Å²) in [6.45, 7) is 0.424. The molecule has 150 valence electrons. The van der Waals surface area contributed by atoms with Gasteiger partial charge in [-0.1, -0.05) is 66.7 Å². The quantitative estimate of drug-likeness (QED) is 0.412. The van der Waals surface area contributed by atoms with E-state index in [1.807, 2.05) is 36.4 Å². The Balaban J connectivity index is 1.38. The number of fused-ring (bicyclic) bond motifs is 1. The van der Waals surface area contributed by atoms with Crippen LogP contribution in [0.15, 0.2) is 72.8 Å². The van der Waals surface area contributed by atoms with Gasteiger partial charge in [0.2, 0.25) is 0 Å². The number of benzene rings is 3. The number of carbonyl (C=O) groups excluding carboxylic acids is 2. The minimum atomic E-state index is -0.191. The molecule has 3 aromatic rings. The standard InChI is InChI=1S/C26H23NO3/c1-30-24-14-5-2-11-21(24)16-15-20-9-6-8-19(18-20)10-7-17-27-25(28)22-12-3-4-13-23(22)26(27)29/h2-6,8-9,11-16,18H,7,10,17H2,1H3. The fraction of sp³-hybridized carbons (Fsp3) is 0.154. The van der Waals surface area contributed by atoms with E-state index in [1.165, 1.54) is 10.5 Å². The van der Waals surface area contributed by atoms with Crippen LogP contribution < -0.4 is 4.74 Å². The van der Waals surface area contributed by atoms with Crippen molar-refractivity contribution in [1.29, 1.82) is 0 Å². The van der Waals surface area contributed by atoms with E-state index in [0.29, 0.717) is 17.7 Å². The van der Waals surface area contributed by atoms with E-state index in [9.17, 15) is 9.59 Å². The molecule has 0 aliphatic carbocycles. The molecule has 30 heavy (non-hydrogen) atoms. The van der Waals surface area contributed by atoms with Crippen molar-refractivity contribution in [2.75, 3.05) is 13.7 Å². The van der Waals surface area contributed by atoms with Gasteiger partial charge in [0.05, 0.1) is 18.2 Å². The highest BCUT2D eigenvalue weighted by Crippen LogP contribution is 2.23. The number of amides is 2. The molecule has 0 saturated heterocycles. The highest BCUT2D eigenvalue weighted by Gasteiger charge is 2.34. The zero-order valence-electron chi connectivity index (χ0n) is 16.9. The SMILES string of the molecule is COc1ccccc1C=Cc1cccc(CCCN2C(=O)c3ccccc3C2=O)c1. The first-order chi connectivity index (χ1) is 14.7. The molecule has 0 fully saturated rings. The van der Waals surface area contributed by atoms with Gasteiger partial charge in [-0.15, -0.1) is 0 Å². The molecule has 3 aromatic carbocycles. The number of nitrogens with zero attached hydrogens (tertiary/aromatic N) is 1. The molecule has 0 aromatic heterocycles. The van der Waals surface area contributed by atoms with Crippen LogP contribution in [0, 0.1) is 0 Å². The molecule has 4 rings (SSSR count). The fourth-order valence-corrected chi connectivity index (χ4v) is 3.73. The Labute approximate surface area is 176 Å². The van der Waals surface area contributed by atoms with E-state index < -0.39 is 0 Å². The summed E-state index contributed by atoms with van der Waals surface area (Å²) >= 11 is 0. The van der Waals surface area contributed by atoms with Gasteiger partial charge in [0.1, 0.15) is 5.75 Å². The van der Waals surface area contributed by atoms with E-state index in [1.54, 1.807) is 31.4 Å². The number of imide groups is 1. The molecule has 0 radical (unpaired) electrons. The maximum Gasteiger partial charge on any atom is 0.261 e. The fourth-order valence-electron chi connectivity index (χ4n) is 3.73. The molecule has 0 unspecified atom stereocenters. The van der Waals surface area contributed by atoms with Crippen molar-refractivity contribution in [2.24, 2.45) is 0 Å². The minimum absolute atomic E-state index is 0.191. The van der Waals surface area contributed by atoms with Gasteiger partial charge >= 0.3 is 0 Å². The predicted octanol–water partition coefficient (Wildman–Crippen LogP) is 5.09. The van der Waals surface area contributed by atoms with Crippen LogP contribution in [0.1, 0.15) is 43.8 Å². The maximum atomic E-state index is 12.5. The number of carbonyl (C=O) groups is 2. The number of methoxy groups -OCH3 is 1. The summed E-state index contributed by atoms with van der Waals surface area (Å²) in [4.78, 5) is 26.3. The average Bonchev–Trinajstić information content (AvgIpc) is 3.03. The van der Waals surface area contributed by atoms with Gasteiger partial charge in [-0.25, -0.2) is 0 Å². The smallest absolute Gasteiger partial charge is 0.261 e. The lowest BCUT2D eigenvalue weighted by molar-refractivity contribution is 0.0652. The van der Waals surface area contributed by atoms with Gasteiger partial charge in [-0.05, 0) is 42.2 Å². The largest absolute Gasteiger partial charge is 0.496 e. The lowest BCUT2D eigenvalue weighted by Crippen LogP contribution is -2.30. The number of para-hydroxylation sites is 1. The molecule has 0 saturated carbocycles. The van der Waals surface area contributed by atoms with Crippen molar-refractivity contribution >= 4 is 24.0 Å². The molecular formula is C26H23NO3. The topological polar surface area (TPSA) is 46.6 Å². The Bertz CT molecular complexity index is 1080. The van der Waals surface area contributed by atoms with Crippen LogP contribution in [0.2, 0.25) is 0 Å². The van der Waals surface area contributed by atoms with E-state index in [-0.39, 0.29) is 11.8 Å². The summed E-state index contributed by atoms with van der Waals surface area (Å²) in [6, 6.07) is 23.2. The normalized spacial score (nSPS) is 13.2. The highest BCUT2D eigenvalue weighted by molar-refractivity contribution is 6.21. The highest BCUT2D eigenvalue weighted by atomic mass is 16.5. The Morgan fingerprint density at radius 1 is 0.833 bits per heavy atom. The number of hydrogen-bond acceptors (Lipinski definition) is 3. The second kappa shape index (κ2) is 8.78. The first-order valence-electron chi connectivity index (χ1n) is 10.0. The minimum Gasteiger partial charge on any atom is -0.496 e. The van der Waals surface area contributed by atoms with Gasteiger partial charge in [-0.3, -0.25) is 14.5 Å². The van der Waals surface area contributed by atoms with Gasteiger partial charge in [0, 0.05) is 12.1 Å². The molecule has 0 spiro atoms. The van der Waals surface area contributed by atoms with Gasteiger partial charge in [0.15, 0.2) is 0 Å². The van der Waals surface area contributed by atoms with Crippen LogP contribution in [0.4, 0.5) is 0 Å². The van der Waals surface area contributed by atoms with Crippen molar-refractivity contribution in [1.82, 2.24) is 4.90 Å². The summed E-state index contributed by atoms with van der Waals surface area (Å²) in [7, 11) is 1.67. The monoisotopic (exact) mass is 397 g/mol. The number of ether oxygens (including phenoxy) is 1. The van der Waals surface area contributed by atoms with Gasteiger partial charge in [-0.2, -0.15) is 0 Å². The lowest BCUT2D eigenvalue weighted by atomic mass is 10.0. The number of aryl methyl sites for hydroxylation is 1. The molecule has 1 aliphatic rings. The van der Waals surface area contributed by atoms with Crippen LogP contribution in [-0.4, -0.2) is 30.4 Å². The summed E-state index contributed by atoms with van der Waals surface area (Å²) in [6.07, 6.45) is 5.62. The van der Waals surface area contributed by atoms with Crippen LogP contribution in [-0.2, 0) is 6.42 Å². The molecule has 2 amide bonds. The summed E-state index contributed by atoms with van der Waals surface area (Å²) in [5.74, 6) is 0.457. The van der Waals surface area contributed by atoms with Crippen LogP contribution in [0.5, 0.6) is 5.75 Å². The second-order valence-corrected chi connectivity index (χ2v) is 7.23. The molecule has 4 heteroatoms. The number of rotatable bonds is 7. The van der Waals surface area contributed by atoms with E-state index in [0.717, 1.165) is 29.7 Å². The van der Waals surface area contributed by atoms with Crippen LogP contribution >= 0.6 is 0 Å². The third kappa shape index (κ3) is 4.03. The molecule has 0 bridgehead atoms. The molecule has 0 N–H and O–H groups in total. The van der Waals surface area contributed by atoms with Crippen molar-refractivity contribution in [2.45, 2.75) is 12.8 Å². The van der Waals surface area contributed by atoms with Gasteiger partial charge < -0.3 is 4.74 Å². The van der Waals surface area contributed by atoms with E-state index in [4.69, 9.17) is 4.74 Å². The Hall–Kier alpha value is -3.66. The third-order valence-electron chi connectivity index (χ3n) is 5.27. The van der Waals surface area contributed by atoms with Crippen LogP contribution in [0.25, 0.3) is 12.2 Å². The molecule has 1 aliphatic heterocycles. The lowest BCUT2D eigenvalue weighted by Gasteiger charge is -2.13. The average molecular weight is 397 g/mol. The molecular weight excluding hydrogens is 374 g/mol. The second-order valence-electron chi connectivity index (χ2n) is 7.23. The van der Waals surface area contributed by atoms with E-state index in [2.05, 4.69) is 24.3 Å². The summed E-state index contributed by atoms with van der Waals surface area (Å²) in [5, 5.41) is 0. The first-order valence-corrected chi connectivity index (χ1v) is 10.0. The summed E-state index contributed by atoms with van der Waals surface area (Å²) in [5.41, 5.74) is 4.31. The van der Waals surface area contributed by atoms with E-state index >= 15 is 0 Å². The Morgan fingerprint density at radius 3 is 2.27 bits per heavy atom. The van der Waals surface area contributed by atoms with Gasteiger partial charge in [0.25, 0.3) is 11.8 Å². The van der Waals surface area contributed by atoms with Crippen molar-refractivity contribution in [3.05, 3.63) is 101 Å². The number of hydrogen-bond donors (Lipinski definition) is 0. The molecule has 0 atom stereocenters. The molecule has 1 heterocycles.